The summed E-state index contributed by atoms with van der Waals surface area (Å²) in [5.74, 6) is 3.67. The second-order valence-electron chi connectivity index (χ2n) is 9.11. The van der Waals surface area contributed by atoms with Crippen molar-refractivity contribution in [1.82, 2.24) is 25.0 Å². The van der Waals surface area contributed by atoms with Crippen LogP contribution < -0.4 is 5.32 Å². The van der Waals surface area contributed by atoms with Gasteiger partial charge in [0.25, 0.3) is 0 Å². The number of carbonyl (C=O) groups is 1. The Morgan fingerprint density at radius 3 is 2.45 bits per heavy atom. The molecule has 1 saturated heterocycles. The van der Waals surface area contributed by atoms with Crippen molar-refractivity contribution in [3.63, 3.8) is 0 Å². The molecule has 3 aliphatic rings. The van der Waals surface area contributed by atoms with Crippen LogP contribution in [0.3, 0.4) is 0 Å². The highest BCUT2D eigenvalue weighted by Crippen LogP contribution is 2.34. The van der Waals surface area contributed by atoms with E-state index in [1.165, 1.54) is 70.3 Å². The molecular weight excluding hydrogens is 386 g/mol. The Kier molecular flexibility index (Phi) is 8.79. The van der Waals surface area contributed by atoms with Crippen LogP contribution >= 0.6 is 12.4 Å². The fraction of sp³-hybridized carbons (Fsp3) is 0.864. The van der Waals surface area contributed by atoms with E-state index in [1.54, 1.807) is 0 Å². The second-order valence-corrected chi connectivity index (χ2v) is 9.11. The van der Waals surface area contributed by atoms with Crippen LogP contribution in [0.2, 0.25) is 0 Å². The standard InChI is InChI=1S/C22H37N5O.ClH/c28-21(23-12-16-26-13-5-1-2-6-14-26)17-18-9-10-20-24-25-22(27(20)15-11-18)19-7-3-4-8-19;/h18-19H,1-17H2,(H,23,28);1H. The first kappa shape index (κ1) is 22.5. The lowest BCUT2D eigenvalue weighted by Gasteiger charge is -2.20. The fourth-order valence-electron chi connectivity index (χ4n) is 5.30. The number of carbonyl (C=O) groups excluding carboxylic acids is 1. The van der Waals surface area contributed by atoms with Gasteiger partial charge < -0.3 is 14.8 Å². The third-order valence-electron chi connectivity index (χ3n) is 7.04. The molecule has 1 aromatic heterocycles. The molecule has 29 heavy (non-hydrogen) atoms. The number of nitrogens with zero attached hydrogens (tertiary/aromatic N) is 4. The summed E-state index contributed by atoms with van der Waals surface area (Å²) in [5, 5.41) is 12.2. The first-order chi connectivity index (χ1) is 13.8. The SMILES string of the molecule is Cl.O=C(CC1CCc2nnc(C3CCCC3)n2CC1)NCCN1CCCCCC1. The van der Waals surface area contributed by atoms with Gasteiger partial charge in [0, 0.05) is 38.4 Å². The van der Waals surface area contributed by atoms with Gasteiger partial charge in [-0.2, -0.15) is 0 Å². The monoisotopic (exact) mass is 423 g/mol. The van der Waals surface area contributed by atoms with Crippen molar-refractivity contribution < 1.29 is 4.79 Å². The molecule has 2 aliphatic heterocycles. The van der Waals surface area contributed by atoms with Crippen LogP contribution in [0.4, 0.5) is 0 Å². The first-order valence-electron chi connectivity index (χ1n) is 11.7. The predicted octanol–water partition coefficient (Wildman–Crippen LogP) is 3.69. The molecule has 6 nitrogen and oxygen atoms in total. The van der Waals surface area contributed by atoms with E-state index >= 15 is 0 Å². The Morgan fingerprint density at radius 2 is 1.69 bits per heavy atom. The molecule has 1 atom stereocenters. The molecule has 3 heterocycles. The zero-order valence-electron chi connectivity index (χ0n) is 17.8. The van der Waals surface area contributed by atoms with E-state index < -0.39 is 0 Å². The molecule has 1 aliphatic carbocycles. The molecule has 2 fully saturated rings. The number of amides is 1. The first-order valence-corrected chi connectivity index (χ1v) is 11.7. The summed E-state index contributed by atoms with van der Waals surface area (Å²) >= 11 is 0. The highest BCUT2D eigenvalue weighted by atomic mass is 35.5. The van der Waals surface area contributed by atoms with Gasteiger partial charge in [0.15, 0.2) is 0 Å². The molecule has 1 aromatic rings. The lowest BCUT2D eigenvalue weighted by atomic mass is 9.96. The van der Waals surface area contributed by atoms with Gasteiger partial charge in [-0.15, -0.1) is 22.6 Å². The molecule has 1 saturated carbocycles. The minimum Gasteiger partial charge on any atom is -0.355 e. The number of hydrogen-bond donors (Lipinski definition) is 1. The molecule has 1 N–H and O–H groups in total. The number of hydrogen-bond acceptors (Lipinski definition) is 4. The van der Waals surface area contributed by atoms with Crippen molar-refractivity contribution in [3.8, 4) is 0 Å². The molecule has 0 spiro atoms. The van der Waals surface area contributed by atoms with Gasteiger partial charge in [-0.1, -0.05) is 25.7 Å². The van der Waals surface area contributed by atoms with Crippen molar-refractivity contribution in [1.29, 1.82) is 0 Å². The van der Waals surface area contributed by atoms with Crippen LogP contribution in [0.5, 0.6) is 0 Å². The summed E-state index contributed by atoms with van der Waals surface area (Å²) in [4.78, 5) is 15.0. The van der Waals surface area contributed by atoms with Crippen LogP contribution in [0, 0.1) is 5.92 Å². The second kappa shape index (κ2) is 11.3. The van der Waals surface area contributed by atoms with E-state index in [0.717, 1.165) is 44.7 Å². The molecule has 4 rings (SSSR count). The van der Waals surface area contributed by atoms with Crippen LogP contribution in [0.25, 0.3) is 0 Å². The third kappa shape index (κ3) is 6.17. The zero-order chi connectivity index (χ0) is 19.2. The number of nitrogens with one attached hydrogen (secondary N) is 1. The number of likely N-dealkylation sites (tertiary alicyclic amines) is 1. The highest BCUT2D eigenvalue weighted by molar-refractivity contribution is 5.85. The summed E-state index contributed by atoms with van der Waals surface area (Å²) in [5.41, 5.74) is 0. The molecule has 0 aromatic carbocycles. The maximum absolute atomic E-state index is 12.5. The van der Waals surface area contributed by atoms with E-state index in [1.807, 2.05) is 0 Å². The van der Waals surface area contributed by atoms with E-state index in [-0.39, 0.29) is 18.3 Å². The van der Waals surface area contributed by atoms with Gasteiger partial charge >= 0.3 is 0 Å². The average Bonchev–Trinajstić information content (AvgIpc) is 3.23. The van der Waals surface area contributed by atoms with Gasteiger partial charge in [-0.05, 0) is 57.5 Å². The van der Waals surface area contributed by atoms with Gasteiger partial charge in [0.2, 0.25) is 5.91 Å². The molecule has 7 heteroatoms. The summed E-state index contributed by atoms with van der Waals surface area (Å²) in [6, 6.07) is 0. The van der Waals surface area contributed by atoms with Crippen molar-refractivity contribution in [3.05, 3.63) is 11.6 Å². The average molecular weight is 424 g/mol. The van der Waals surface area contributed by atoms with E-state index in [0.29, 0.717) is 18.3 Å². The Hall–Kier alpha value is -1.14. The molecule has 1 unspecified atom stereocenters. The van der Waals surface area contributed by atoms with Crippen LogP contribution in [-0.4, -0.2) is 51.8 Å². The normalized spacial score (nSPS) is 23.7. The molecule has 164 valence electrons. The number of rotatable bonds is 6. The van der Waals surface area contributed by atoms with E-state index in [4.69, 9.17) is 0 Å². The van der Waals surface area contributed by atoms with Gasteiger partial charge in [-0.25, -0.2) is 0 Å². The van der Waals surface area contributed by atoms with Crippen LogP contribution in [-0.2, 0) is 17.8 Å². The molecule has 1 amide bonds. The zero-order valence-corrected chi connectivity index (χ0v) is 18.6. The van der Waals surface area contributed by atoms with E-state index in [9.17, 15) is 4.79 Å². The smallest absolute Gasteiger partial charge is 0.220 e. The Labute approximate surface area is 181 Å². The minimum atomic E-state index is 0. The lowest BCUT2D eigenvalue weighted by molar-refractivity contribution is -0.122. The highest BCUT2D eigenvalue weighted by Gasteiger charge is 2.27. The maximum Gasteiger partial charge on any atom is 0.220 e. The summed E-state index contributed by atoms with van der Waals surface area (Å²) in [6.45, 7) is 5.17. The van der Waals surface area contributed by atoms with Crippen LogP contribution in [0.15, 0.2) is 0 Å². The maximum atomic E-state index is 12.5. The van der Waals surface area contributed by atoms with E-state index in [2.05, 4.69) is 25.0 Å². The Balaban J connectivity index is 0.00000240. The predicted molar refractivity (Wildman–Crippen MR) is 117 cm³/mol. The van der Waals surface area contributed by atoms with Crippen molar-refractivity contribution >= 4 is 18.3 Å². The number of aryl methyl sites for hydroxylation is 1. The molecule has 0 radical (unpaired) electrons. The number of aromatic nitrogens is 3. The number of fused-ring (bicyclic) bond motifs is 1. The third-order valence-corrected chi connectivity index (χ3v) is 7.04. The van der Waals surface area contributed by atoms with Crippen molar-refractivity contribution in [2.45, 2.75) is 89.5 Å². The summed E-state index contributed by atoms with van der Waals surface area (Å²) < 4.78 is 2.38. The van der Waals surface area contributed by atoms with Gasteiger partial charge in [0.1, 0.15) is 11.6 Å². The molecule has 0 bridgehead atoms. The molecular formula is C22H38ClN5O. The van der Waals surface area contributed by atoms with Gasteiger partial charge in [-0.3, -0.25) is 4.79 Å². The lowest BCUT2D eigenvalue weighted by Crippen LogP contribution is -2.36. The summed E-state index contributed by atoms with van der Waals surface area (Å²) in [7, 11) is 0. The van der Waals surface area contributed by atoms with Gasteiger partial charge in [0.05, 0.1) is 0 Å². The van der Waals surface area contributed by atoms with Crippen LogP contribution in [0.1, 0.15) is 88.2 Å². The topological polar surface area (TPSA) is 63.1 Å². The Morgan fingerprint density at radius 1 is 0.931 bits per heavy atom. The summed E-state index contributed by atoms with van der Waals surface area (Å²) in [6.07, 6.45) is 14.3. The fourth-order valence-corrected chi connectivity index (χ4v) is 5.30. The largest absolute Gasteiger partial charge is 0.355 e. The Bertz CT molecular complexity index is 635. The van der Waals surface area contributed by atoms with Crippen molar-refractivity contribution in [2.75, 3.05) is 26.2 Å². The minimum absolute atomic E-state index is 0. The van der Waals surface area contributed by atoms with Crippen molar-refractivity contribution in [2.24, 2.45) is 5.92 Å². The number of halogens is 1. The quantitative estimate of drug-likeness (QED) is 0.757.